The zero-order chi connectivity index (χ0) is 22.1. The van der Waals surface area contributed by atoms with Crippen molar-refractivity contribution in [3.63, 3.8) is 0 Å². The van der Waals surface area contributed by atoms with Gasteiger partial charge >= 0.3 is 5.97 Å². The van der Waals surface area contributed by atoms with E-state index in [0.717, 1.165) is 23.4 Å². The first-order valence-corrected chi connectivity index (χ1v) is 11.7. The summed E-state index contributed by atoms with van der Waals surface area (Å²) in [5.74, 6) is -0.935. The average Bonchev–Trinajstić information content (AvgIpc) is 2.69. The lowest BCUT2D eigenvalue weighted by Crippen LogP contribution is -2.37. The fourth-order valence-corrected chi connectivity index (χ4v) is 3.47. The first kappa shape index (κ1) is 23.9. The minimum Gasteiger partial charge on any atom is -0.462 e. The van der Waals surface area contributed by atoms with Gasteiger partial charge in [0, 0.05) is 17.3 Å². The van der Waals surface area contributed by atoms with Crippen LogP contribution < -0.4 is 5.32 Å². The van der Waals surface area contributed by atoms with E-state index in [4.69, 9.17) is 16.3 Å². The number of hydrogen-bond acceptors (Lipinski definition) is 5. The maximum atomic E-state index is 12.4. The Labute approximate surface area is 182 Å². The molecule has 1 N–H and O–H groups in total. The van der Waals surface area contributed by atoms with Gasteiger partial charge in [0.25, 0.3) is 0 Å². The van der Waals surface area contributed by atoms with Crippen molar-refractivity contribution >= 4 is 39.2 Å². The highest BCUT2D eigenvalue weighted by Gasteiger charge is 2.21. The number of halogens is 1. The van der Waals surface area contributed by atoms with Crippen LogP contribution in [0.1, 0.15) is 35.7 Å². The Morgan fingerprint density at radius 3 is 2.37 bits per heavy atom. The summed E-state index contributed by atoms with van der Waals surface area (Å²) in [4.78, 5) is 24.3. The first-order chi connectivity index (χ1) is 14.2. The van der Waals surface area contributed by atoms with Crippen molar-refractivity contribution in [2.45, 2.75) is 26.3 Å². The van der Waals surface area contributed by atoms with Crippen molar-refractivity contribution in [1.29, 1.82) is 0 Å². The molecule has 0 aliphatic rings. The van der Waals surface area contributed by atoms with Gasteiger partial charge in [0.1, 0.15) is 0 Å². The van der Waals surface area contributed by atoms with E-state index in [1.165, 1.54) is 0 Å². The molecule has 0 saturated carbocycles. The van der Waals surface area contributed by atoms with Crippen LogP contribution in [0.5, 0.6) is 0 Å². The predicted octanol–water partition coefficient (Wildman–Crippen LogP) is 3.70. The van der Waals surface area contributed by atoms with Crippen molar-refractivity contribution in [2.75, 3.05) is 24.7 Å². The molecular formula is C21H25ClN2O5S. The van der Waals surface area contributed by atoms with Gasteiger partial charge in [-0.25, -0.2) is 13.2 Å². The molecule has 0 unspecified atom stereocenters. The van der Waals surface area contributed by atoms with E-state index < -0.39 is 21.9 Å². The summed E-state index contributed by atoms with van der Waals surface area (Å²) in [6.45, 7) is 1.98. The van der Waals surface area contributed by atoms with Crippen molar-refractivity contribution in [3.05, 3.63) is 64.7 Å². The first-order valence-electron chi connectivity index (χ1n) is 9.46. The van der Waals surface area contributed by atoms with E-state index in [9.17, 15) is 18.0 Å². The molecule has 0 heterocycles. The molecule has 7 nitrogen and oxygen atoms in total. The molecule has 0 aliphatic heterocycles. The van der Waals surface area contributed by atoms with Gasteiger partial charge < -0.3 is 10.1 Å². The summed E-state index contributed by atoms with van der Waals surface area (Å²) in [5.41, 5.74) is 1.42. The molecular weight excluding hydrogens is 428 g/mol. The number of amides is 1. The molecule has 0 fully saturated rings. The number of carbonyl (C=O) groups excluding carboxylic acids is 2. The average molecular weight is 453 g/mol. The van der Waals surface area contributed by atoms with E-state index in [0.29, 0.717) is 28.4 Å². The third-order valence-corrected chi connectivity index (χ3v) is 5.79. The SMILES string of the molecule is CCCCOC(=O)c1ccc(NC(=O)CN(Cc2ccccc2Cl)S(C)(=O)=O)cc1. The van der Waals surface area contributed by atoms with Gasteiger partial charge in [-0.2, -0.15) is 4.31 Å². The van der Waals surface area contributed by atoms with Crippen molar-refractivity contribution in [1.82, 2.24) is 4.31 Å². The summed E-state index contributed by atoms with van der Waals surface area (Å²) in [6, 6.07) is 13.1. The molecule has 0 spiro atoms. The van der Waals surface area contributed by atoms with Crippen molar-refractivity contribution < 1.29 is 22.7 Å². The number of esters is 1. The number of rotatable bonds is 10. The summed E-state index contributed by atoms with van der Waals surface area (Å²) < 4.78 is 30.4. The molecule has 0 bridgehead atoms. The predicted molar refractivity (Wildman–Crippen MR) is 117 cm³/mol. The number of anilines is 1. The molecule has 0 saturated heterocycles. The highest BCUT2D eigenvalue weighted by atomic mass is 35.5. The zero-order valence-corrected chi connectivity index (χ0v) is 18.5. The molecule has 0 radical (unpaired) electrons. The second-order valence-corrected chi connectivity index (χ2v) is 9.13. The smallest absolute Gasteiger partial charge is 0.338 e. The number of unbranched alkanes of at least 4 members (excludes halogenated alkanes) is 1. The van der Waals surface area contributed by atoms with Crippen LogP contribution in [0.2, 0.25) is 5.02 Å². The van der Waals surface area contributed by atoms with Crippen LogP contribution in [0, 0.1) is 0 Å². The zero-order valence-electron chi connectivity index (χ0n) is 16.9. The Bertz CT molecular complexity index is 977. The minimum atomic E-state index is -3.64. The molecule has 1 amide bonds. The normalized spacial score (nSPS) is 11.3. The molecule has 30 heavy (non-hydrogen) atoms. The standard InChI is InChI=1S/C21H25ClN2O5S/c1-3-4-13-29-21(26)16-9-11-18(12-10-16)23-20(25)15-24(30(2,27)28)14-17-7-5-6-8-19(17)22/h5-12H,3-4,13-15H2,1-2H3,(H,23,25). The van der Waals surface area contributed by atoms with Crippen molar-refractivity contribution in [2.24, 2.45) is 0 Å². The van der Waals surface area contributed by atoms with Crippen molar-refractivity contribution in [3.8, 4) is 0 Å². The number of nitrogens with zero attached hydrogens (tertiary/aromatic N) is 1. The van der Waals surface area contributed by atoms with Crippen LogP contribution in [0.3, 0.4) is 0 Å². The summed E-state index contributed by atoms with van der Waals surface area (Å²) in [6.07, 6.45) is 2.76. The number of hydrogen-bond donors (Lipinski definition) is 1. The minimum absolute atomic E-state index is 0.0194. The fraction of sp³-hybridized carbons (Fsp3) is 0.333. The molecule has 162 valence electrons. The van der Waals surface area contributed by atoms with Gasteiger partial charge in [-0.05, 0) is 42.3 Å². The lowest BCUT2D eigenvalue weighted by molar-refractivity contribution is -0.116. The number of sulfonamides is 1. The number of carbonyl (C=O) groups is 2. The largest absolute Gasteiger partial charge is 0.462 e. The van der Waals surface area contributed by atoms with Crippen LogP contribution >= 0.6 is 11.6 Å². The topological polar surface area (TPSA) is 92.8 Å². The Kier molecular flexibility index (Phi) is 8.83. The van der Waals surface area contributed by atoms with E-state index in [-0.39, 0.29) is 13.1 Å². The van der Waals surface area contributed by atoms with Crippen LogP contribution in [-0.2, 0) is 26.1 Å². The van der Waals surface area contributed by atoms with Crippen LogP contribution in [-0.4, -0.2) is 44.0 Å². The van der Waals surface area contributed by atoms with E-state index in [2.05, 4.69) is 5.32 Å². The third-order valence-electron chi connectivity index (χ3n) is 4.23. The highest BCUT2D eigenvalue weighted by Crippen LogP contribution is 2.18. The maximum absolute atomic E-state index is 12.4. The highest BCUT2D eigenvalue weighted by molar-refractivity contribution is 7.88. The van der Waals surface area contributed by atoms with Gasteiger partial charge in [0.15, 0.2) is 0 Å². The van der Waals surface area contributed by atoms with E-state index in [1.54, 1.807) is 48.5 Å². The van der Waals surface area contributed by atoms with Gasteiger partial charge in [0.05, 0.1) is 25.0 Å². The molecule has 2 aromatic rings. The Hall–Kier alpha value is -2.42. The van der Waals surface area contributed by atoms with Gasteiger partial charge in [-0.1, -0.05) is 43.1 Å². The molecule has 0 aliphatic carbocycles. The molecule has 0 atom stereocenters. The van der Waals surface area contributed by atoms with E-state index in [1.807, 2.05) is 6.92 Å². The van der Waals surface area contributed by atoms with E-state index >= 15 is 0 Å². The van der Waals surface area contributed by atoms with Crippen LogP contribution in [0.25, 0.3) is 0 Å². The lowest BCUT2D eigenvalue weighted by atomic mass is 10.2. The summed E-state index contributed by atoms with van der Waals surface area (Å²) in [7, 11) is -3.64. The third kappa shape index (κ3) is 7.44. The fourth-order valence-electron chi connectivity index (χ4n) is 2.55. The number of benzene rings is 2. The number of ether oxygens (including phenoxy) is 1. The second kappa shape index (κ2) is 11.1. The second-order valence-electron chi connectivity index (χ2n) is 6.74. The van der Waals surface area contributed by atoms with Crippen LogP contribution in [0.4, 0.5) is 5.69 Å². The maximum Gasteiger partial charge on any atom is 0.338 e. The molecule has 9 heteroatoms. The Balaban J connectivity index is 2.00. The van der Waals surface area contributed by atoms with Gasteiger partial charge in [-0.3, -0.25) is 4.79 Å². The quantitative estimate of drug-likeness (QED) is 0.438. The number of nitrogens with one attached hydrogen (secondary N) is 1. The van der Waals surface area contributed by atoms with Crippen LogP contribution in [0.15, 0.2) is 48.5 Å². The molecule has 0 aromatic heterocycles. The Morgan fingerprint density at radius 2 is 1.77 bits per heavy atom. The summed E-state index contributed by atoms with van der Waals surface area (Å²) in [5, 5.41) is 3.06. The Morgan fingerprint density at radius 1 is 1.10 bits per heavy atom. The summed E-state index contributed by atoms with van der Waals surface area (Å²) >= 11 is 6.11. The molecule has 2 aromatic carbocycles. The lowest BCUT2D eigenvalue weighted by Gasteiger charge is -2.20. The van der Waals surface area contributed by atoms with Gasteiger partial charge in [0.2, 0.25) is 15.9 Å². The monoisotopic (exact) mass is 452 g/mol. The molecule has 2 rings (SSSR count). The van der Waals surface area contributed by atoms with Gasteiger partial charge in [-0.15, -0.1) is 0 Å².